The summed E-state index contributed by atoms with van der Waals surface area (Å²) in [7, 11) is 0. The fourth-order valence-corrected chi connectivity index (χ4v) is 1.87. The Bertz CT molecular complexity index is 531. The van der Waals surface area contributed by atoms with Crippen LogP contribution in [0.2, 0.25) is 0 Å². The summed E-state index contributed by atoms with van der Waals surface area (Å²) in [6, 6.07) is 0. The largest absolute Gasteiger partial charge is 0.309 e. The molecule has 0 saturated heterocycles. The number of nitrogens with one attached hydrogen (secondary N) is 2. The van der Waals surface area contributed by atoms with Gasteiger partial charge < -0.3 is 5.32 Å². The number of hydrogen-bond donors (Lipinski definition) is 2. The van der Waals surface area contributed by atoms with Gasteiger partial charge in [-0.1, -0.05) is 13.8 Å². The van der Waals surface area contributed by atoms with Crippen molar-refractivity contribution in [1.82, 2.24) is 30.4 Å². The zero-order valence-electron chi connectivity index (χ0n) is 11.1. The van der Waals surface area contributed by atoms with Gasteiger partial charge in [-0.05, 0) is 23.3 Å². The molecule has 0 atom stereocenters. The lowest BCUT2D eigenvalue weighted by atomic mass is 10.1. The van der Waals surface area contributed by atoms with E-state index >= 15 is 0 Å². The first-order valence-corrected chi connectivity index (χ1v) is 6.31. The molecule has 102 valence electrons. The minimum absolute atomic E-state index is 0.0978. The topological polar surface area (TPSA) is 101 Å². The molecule has 0 aliphatic rings. The summed E-state index contributed by atoms with van der Waals surface area (Å²) in [6.07, 6.45) is 3.50. The molecule has 1 amide bonds. The Morgan fingerprint density at radius 1 is 1.42 bits per heavy atom. The van der Waals surface area contributed by atoms with E-state index in [-0.39, 0.29) is 5.91 Å². The fraction of sp³-hybridized carbons (Fsp3) is 0.545. The molecule has 2 aromatic rings. The number of carbonyl (C=O) groups excluding carboxylic acids is 1. The van der Waals surface area contributed by atoms with Crippen LogP contribution in [0.5, 0.6) is 0 Å². The minimum Gasteiger partial charge on any atom is -0.309 e. The number of aromatic nitrogens is 6. The Hall–Kier alpha value is -2.25. The predicted molar refractivity (Wildman–Crippen MR) is 68.4 cm³/mol. The van der Waals surface area contributed by atoms with E-state index in [4.69, 9.17) is 0 Å². The third-order valence-corrected chi connectivity index (χ3v) is 2.88. The van der Waals surface area contributed by atoms with Crippen LogP contribution in [0, 0.1) is 0 Å². The number of anilines is 1. The van der Waals surface area contributed by atoms with Crippen molar-refractivity contribution in [3.63, 3.8) is 0 Å². The maximum Gasteiger partial charge on any atom is 0.227 e. The highest BCUT2D eigenvalue weighted by atomic mass is 16.1. The lowest BCUT2D eigenvalue weighted by Gasteiger charge is -2.04. The van der Waals surface area contributed by atoms with Gasteiger partial charge in [0.2, 0.25) is 5.91 Å². The van der Waals surface area contributed by atoms with Crippen LogP contribution in [0.3, 0.4) is 0 Å². The van der Waals surface area contributed by atoms with Crippen LogP contribution in [-0.4, -0.2) is 36.3 Å². The molecule has 0 aromatic carbocycles. The number of H-pyrrole nitrogens is 1. The molecule has 0 radical (unpaired) electrons. The second-order valence-electron chi connectivity index (χ2n) is 4.11. The number of carbonyl (C=O) groups is 1. The number of aryl methyl sites for hydroxylation is 2. The highest BCUT2D eigenvalue weighted by molar-refractivity contribution is 5.90. The van der Waals surface area contributed by atoms with E-state index in [1.165, 1.54) is 11.0 Å². The lowest BCUT2D eigenvalue weighted by molar-refractivity contribution is -0.116. The van der Waals surface area contributed by atoms with Crippen molar-refractivity contribution in [1.29, 1.82) is 0 Å². The molecule has 2 N–H and O–H groups in total. The van der Waals surface area contributed by atoms with Gasteiger partial charge in [-0.2, -0.15) is 5.10 Å². The van der Waals surface area contributed by atoms with Crippen LogP contribution >= 0.6 is 0 Å². The fourth-order valence-electron chi connectivity index (χ4n) is 1.87. The van der Waals surface area contributed by atoms with Crippen LogP contribution in [0.15, 0.2) is 6.33 Å². The number of tetrazole rings is 1. The second-order valence-corrected chi connectivity index (χ2v) is 4.11. The average Bonchev–Trinajstić information content (AvgIpc) is 3.05. The summed E-state index contributed by atoms with van der Waals surface area (Å²) in [5, 5.41) is 20.6. The van der Waals surface area contributed by atoms with Gasteiger partial charge in [0.15, 0.2) is 5.82 Å². The smallest absolute Gasteiger partial charge is 0.227 e. The number of rotatable bonds is 6. The van der Waals surface area contributed by atoms with Gasteiger partial charge in [-0.25, -0.2) is 4.68 Å². The van der Waals surface area contributed by atoms with Crippen molar-refractivity contribution in [2.45, 2.75) is 39.7 Å². The van der Waals surface area contributed by atoms with Crippen molar-refractivity contribution < 1.29 is 4.79 Å². The molecule has 0 unspecified atom stereocenters. The molecule has 0 fully saturated rings. The molecule has 2 rings (SSSR count). The van der Waals surface area contributed by atoms with Crippen LogP contribution < -0.4 is 5.32 Å². The van der Waals surface area contributed by atoms with Gasteiger partial charge in [0.1, 0.15) is 6.33 Å². The van der Waals surface area contributed by atoms with Crippen LogP contribution in [-0.2, 0) is 24.2 Å². The first-order chi connectivity index (χ1) is 9.24. The highest BCUT2D eigenvalue weighted by Gasteiger charge is 2.12. The summed E-state index contributed by atoms with van der Waals surface area (Å²) < 4.78 is 1.52. The molecule has 8 heteroatoms. The quantitative estimate of drug-likeness (QED) is 0.792. The van der Waals surface area contributed by atoms with Gasteiger partial charge in [0.25, 0.3) is 0 Å². The van der Waals surface area contributed by atoms with Crippen molar-refractivity contribution in [3.8, 4) is 0 Å². The molecular weight excluding hydrogens is 246 g/mol. The summed E-state index contributed by atoms with van der Waals surface area (Å²) in [5.41, 5.74) is 2.14. The van der Waals surface area contributed by atoms with Crippen LogP contribution in [0.4, 0.5) is 5.82 Å². The number of aromatic amines is 1. The molecule has 0 saturated carbocycles. The van der Waals surface area contributed by atoms with E-state index < -0.39 is 0 Å². The summed E-state index contributed by atoms with van der Waals surface area (Å²) in [5.74, 6) is 0.528. The Morgan fingerprint density at radius 3 is 2.89 bits per heavy atom. The summed E-state index contributed by atoms with van der Waals surface area (Å²) in [4.78, 5) is 11.8. The van der Waals surface area contributed by atoms with Crippen molar-refractivity contribution in [2.75, 3.05) is 5.32 Å². The molecule has 0 aliphatic heterocycles. The average molecular weight is 263 g/mol. The maximum absolute atomic E-state index is 11.8. The van der Waals surface area contributed by atoms with E-state index in [9.17, 15) is 4.79 Å². The first kappa shape index (κ1) is 13.2. The highest BCUT2D eigenvalue weighted by Crippen LogP contribution is 2.17. The predicted octanol–water partition coefficient (Wildman–Crippen LogP) is 0.550. The third-order valence-electron chi connectivity index (χ3n) is 2.88. The van der Waals surface area contributed by atoms with Gasteiger partial charge in [-0.15, -0.1) is 5.10 Å². The molecule has 2 heterocycles. The monoisotopic (exact) mass is 263 g/mol. The number of hydrogen-bond acceptors (Lipinski definition) is 5. The standard InChI is InChI=1S/C11H17N7O/c1-3-8-9(4-2)14-15-11(8)13-10(19)5-6-18-7-12-16-17-18/h7H,3-6H2,1-2H3,(H2,13,14,15,19). The Kier molecular flexibility index (Phi) is 4.22. The SMILES string of the molecule is CCc1[nH]nc(NC(=O)CCn2cnnn2)c1CC. The van der Waals surface area contributed by atoms with E-state index in [1.54, 1.807) is 0 Å². The molecule has 2 aromatic heterocycles. The number of nitrogens with zero attached hydrogens (tertiary/aromatic N) is 5. The van der Waals surface area contributed by atoms with Crippen LogP contribution in [0.1, 0.15) is 31.5 Å². The Labute approximate surface area is 110 Å². The van der Waals surface area contributed by atoms with Gasteiger partial charge >= 0.3 is 0 Å². The first-order valence-electron chi connectivity index (χ1n) is 6.31. The van der Waals surface area contributed by atoms with Crippen LogP contribution in [0.25, 0.3) is 0 Å². The van der Waals surface area contributed by atoms with Crippen molar-refractivity contribution >= 4 is 11.7 Å². The van der Waals surface area contributed by atoms with E-state index in [0.717, 1.165) is 24.1 Å². The van der Waals surface area contributed by atoms with Crippen molar-refractivity contribution in [3.05, 3.63) is 17.6 Å². The van der Waals surface area contributed by atoms with Gasteiger partial charge in [-0.3, -0.25) is 9.89 Å². The second kappa shape index (κ2) is 6.07. The van der Waals surface area contributed by atoms with E-state index in [2.05, 4.69) is 38.0 Å². The number of amides is 1. The van der Waals surface area contributed by atoms with Crippen molar-refractivity contribution in [2.24, 2.45) is 0 Å². The van der Waals surface area contributed by atoms with Gasteiger partial charge in [0, 0.05) is 17.7 Å². The summed E-state index contributed by atoms with van der Waals surface area (Å²) in [6.45, 7) is 4.54. The maximum atomic E-state index is 11.8. The minimum atomic E-state index is -0.0978. The lowest BCUT2D eigenvalue weighted by Crippen LogP contribution is -2.16. The zero-order chi connectivity index (χ0) is 13.7. The van der Waals surface area contributed by atoms with E-state index in [0.29, 0.717) is 18.8 Å². The third kappa shape index (κ3) is 3.15. The molecular formula is C11H17N7O. The Balaban J connectivity index is 1.93. The summed E-state index contributed by atoms with van der Waals surface area (Å²) >= 11 is 0. The Morgan fingerprint density at radius 2 is 2.26 bits per heavy atom. The van der Waals surface area contributed by atoms with E-state index in [1.807, 2.05) is 6.92 Å². The molecule has 19 heavy (non-hydrogen) atoms. The molecule has 0 aliphatic carbocycles. The zero-order valence-corrected chi connectivity index (χ0v) is 11.1. The molecule has 0 bridgehead atoms. The molecule has 0 spiro atoms. The normalized spacial score (nSPS) is 10.6. The molecule has 8 nitrogen and oxygen atoms in total. The van der Waals surface area contributed by atoms with Gasteiger partial charge in [0.05, 0.1) is 6.54 Å².